The Labute approximate surface area is 122 Å². The van der Waals surface area contributed by atoms with Crippen LogP contribution in [0.5, 0.6) is 0 Å². The van der Waals surface area contributed by atoms with E-state index in [9.17, 15) is 19.7 Å². The lowest BCUT2D eigenvalue weighted by atomic mass is 9.98. The topological polar surface area (TPSA) is 110 Å². The smallest absolute Gasteiger partial charge is 0.329 e. The maximum atomic E-state index is 12.1. The number of rotatable bonds is 6. The van der Waals surface area contributed by atoms with E-state index in [4.69, 9.17) is 5.11 Å². The van der Waals surface area contributed by atoms with Crippen molar-refractivity contribution in [1.82, 2.24) is 5.32 Å². The molecule has 0 aliphatic heterocycles. The number of nitrogens with one attached hydrogen (secondary N) is 1. The predicted molar refractivity (Wildman–Crippen MR) is 76.3 cm³/mol. The number of carbonyl (C=O) groups excluding carboxylic acids is 1. The first-order chi connectivity index (χ1) is 9.75. The predicted octanol–water partition coefficient (Wildman–Crippen LogP) is 2.14. The molecule has 1 rings (SSSR count). The maximum Gasteiger partial charge on any atom is 0.329 e. The van der Waals surface area contributed by atoms with Gasteiger partial charge in [-0.3, -0.25) is 14.9 Å². The summed E-state index contributed by atoms with van der Waals surface area (Å²) < 4.78 is 0. The SMILES string of the molecule is CCc1ccc(C(=O)NC(C)(CC)C(=O)O)cc1[N+](=O)[O-]. The third-order valence-corrected chi connectivity index (χ3v) is 3.49. The number of carboxylic acid groups (broad SMARTS) is 1. The normalized spacial score (nSPS) is 13.3. The van der Waals surface area contributed by atoms with Crippen molar-refractivity contribution in [3.05, 3.63) is 39.4 Å². The van der Waals surface area contributed by atoms with Crippen LogP contribution in [0, 0.1) is 10.1 Å². The average Bonchev–Trinajstić information content (AvgIpc) is 2.45. The van der Waals surface area contributed by atoms with Gasteiger partial charge in [0.15, 0.2) is 0 Å². The number of carboxylic acids is 1. The number of hydrogen-bond acceptors (Lipinski definition) is 4. The second kappa shape index (κ2) is 6.34. The number of aryl methyl sites for hydroxylation is 1. The molecule has 0 aromatic heterocycles. The van der Waals surface area contributed by atoms with Gasteiger partial charge in [-0.2, -0.15) is 0 Å². The van der Waals surface area contributed by atoms with Gasteiger partial charge >= 0.3 is 5.97 Å². The van der Waals surface area contributed by atoms with Crippen LogP contribution in [0.2, 0.25) is 0 Å². The van der Waals surface area contributed by atoms with E-state index >= 15 is 0 Å². The van der Waals surface area contributed by atoms with Crippen LogP contribution in [-0.2, 0) is 11.2 Å². The highest BCUT2D eigenvalue weighted by atomic mass is 16.6. The molecule has 114 valence electrons. The van der Waals surface area contributed by atoms with E-state index in [0.717, 1.165) is 0 Å². The Hall–Kier alpha value is -2.44. The molecule has 0 radical (unpaired) electrons. The van der Waals surface area contributed by atoms with E-state index in [1.807, 2.05) is 0 Å². The monoisotopic (exact) mass is 294 g/mol. The fourth-order valence-electron chi connectivity index (χ4n) is 1.79. The van der Waals surface area contributed by atoms with Crippen molar-refractivity contribution in [2.75, 3.05) is 0 Å². The molecule has 1 unspecified atom stereocenters. The van der Waals surface area contributed by atoms with Crippen molar-refractivity contribution in [3.63, 3.8) is 0 Å². The molecule has 0 saturated heterocycles. The van der Waals surface area contributed by atoms with Gasteiger partial charge in [-0.25, -0.2) is 4.79 Å². The summed E-state index contributed by atoms with van der Waals surface area (Å²) in [5.41, 5.74) is -0.957. The van der Waals surface area contributed by atoms with Gasteiger partial charge in [0.2, 0.25) is 0 Å². The third kappa shape index (κ3) is 3.56. The number of amides is 1. The molecule has 1 amide bonds. The zero-order valence-electron chi connectivity index (χ0n) is 12.2. The van der Waals surface area contributed by atoms with Crippen LogP contribution in [0.1, 0.15) is 43.1 Å². The van der Waals surface area contributed by atoms with Gasteiger partial charge in [-0.1, -0.05) is 19.9 Å². The van der Waals surface area contributed by atoms with Gasteiger partial charge in [0, 0.05) is 17.2 Å². The highest BCUT2D eigenvalue weighted by Crippen LogP contribution is 2.21. The minimum absolute atomic E-state index is 0.0693. The van der Waals surface area contributed by atoms with E-state index in [0.29, 0.717) is 12.0 Å². The molecule has 2 N–H and O–H groups in total. The molecule has 1 atom stereocenters. The van der Waals surface area contributed by atoms with Gasteiger partial charge in [-0.15, -0.1) is 0 Å². The summed E-state index contributed by atoms with van der Waals surface area (Å²) in [7, 11) is 0. The largest absolute Gasteiger partial charge is 0.480 e. The Balaban J connectivity index is 3.11. The van der Waals surface area contributed by atoms with E-state index in [-0.39, 0.29) is 17.7 Å². The molecule has 1 aromatic rings. The van der Waals surface area contributed by atoms with E-state index in [2.05, 4.69) is 5.32 Å². The lowest BCUT2D eigenvalue weighted by molar-refractivity contribution is -0.385. The van der Waals surface area contributed by atoms with Crippen LogP contribution in [0.15, 0.2) is 18.2 Å². The number of carbonyl (C=O) groups is 2. The number of benzene rings is 1. The van der Waals surface area contributed by atoms with E-state index in [1.165, 1.54) is 25.1 Å². The van der Waals surface area contributed by atoms with Crippen LogP contribution < -0.4 is 5.32 Å². The van der Waals surface area contributed by atoms with E-state index < -0.39 is 22.3 Å². The van der Waals surface area contributed by atoms with Gasteiger partial charge in [0.05, 0.1) is 4.92 Å². The number of aliphatic carboxylic acids is 1. The molecule has 0 heterocycles. The highest BCUT2D eigenvalue weighted by molar-refractivity contribution is 5.98. The zero-order chi connectivity index (χ0) is 16.2. The molecule has 7 heteroatoms. The minimum Gasteiger partial charge on any atom is -0.480 e. The Morgan fingerprint density at radius 2 is 2.00 bits per heavy atom. The summed E-state index contributed by atoms with van der Waals surface area (Å²) in [5, 5.41) is 22.5. The first kappa shape index (κ1) is 16.6. The molecule has 0 aliphatic carbocycles. The molecular formula is C14H18N2O5. The standard InChI is InChI=1S/C14H18N2O5/c1-4-9-6-7-10(8-11(9)16(20)21)12(17)15-14(3,5-2)13(18)19/h6-8H,4-5H2,1-3H3,(H,15,17)(H,18,19). The summed E-state index contributed by atoms with van der Waals surface area (Å²) in [6, 6.07) is 4.14. The fourth-order valence-corrected chi connectivity index (χ4v) is 1.79. The van der Waals surface area contributed by atoms with Crippen molar-refractivity contribution in [2.24, 2.45) is 0 Å². The first-order valence-electron chi connectivity index (χ1n) is 6.58. The van der Waals surface area contributed by atoms with Gasteiger partial charge in [-0.05, 0) is 25.8 Å². The molecule has 0 spiro atoms. The van der Waals surface area contributed by atoms with Crippen molar-refractivity contribution < 1.29 is 19.6 Å². The Morgan fingerprint density at radius 1 is 1.38 bits per heavy atom. The molecule has 0 aliphatic rings. The second-order valence-electron chi connectivity index (χ2n) is 4.90. The molecule has 0 saturated carbocycles. The third-order valence-electron chi connectivity index (χ3n) is 3.49. The van der Waals surface area contributed by atoms with Gasteiger partial charge in [0.1, 0.15) is 5.54 Å². The summed E-state index contributed by atoms with van der Waals surface area (Å²) in [6.07, 6.45) is 0.670. The van der Waals surface area contributed by atoms with Gasteiger partial charge in [0.25, 0.3) is 11.6 Å². The van der Waals surface area contributed by atoms with Crippen LogP contribution in [0.3, 0.4) is 0 Å². The second-order valence-corrected chi connectivity index (χ2v) is 4.90. The zero-order valence-corrected chi connectivity index (χ0v) is 12.2. The Kier molecular flexibility index (Phi) is 5.02. The highest BCUT2D eigenvalue weighted by Gasteiger charge is 2.33. The average molecular weight is 294 g/mol. The summed E-state index contributed by atoms with van der Waals surface area (Å²) >= 11 is 0. The lowest BCUT2D eigenvalue weighted by Gasteiger charge is -2.24. The molecule has 0 fully saturated rings. The number of nitro groups is 1. The van der Waals surface area contributed by atoms with E-state index in [1.54, 1.807) is 13.8 Å². The fraction of sp³-hybridized carbons (Fsp3) is 0.429. The van der Waals surface area contributed by atoms with Crippen LogP contribution in [0.25, 0.3) is 0 Å². The molecular weight excluding hydrogens is 276 g/mol. The summed E-state index contributed by atoms with van der Waals surface area (Å²) in [4.78, 5) is 33.7. The summed E-state index contributed by atoms with van der Waals surface area (Å²) in [5.74, 6) is -1.80. The molecule has 7 nitrogen and oxygen atoms in total. The van der Waals surface area contributed by atoms with Crippen molar-refractivity contribution >= 4 is 17.6 Å². The number of nitro benzene ring substituents is 1. The lowest BCUT2D eigenvalue weighted by Crippen LogP contribution is -2.51. The van der Waals surface area contributed by atoms with Crippen LogP contribution >= 0.6 is 0 Å². The van der Waals surface area contributed by atoms with Crippen molar-refractivity contribution in [2.45, 2.75) is 39.2 Å². The summed E-state index contributed by atoms with van der Waals surface area (Å²) in [6.45, 7) is 4.81. The molecule has 0 bridgehead atoms. The number of nitrogens with zero attached hydrogens (tertiary/aromatic N) is 1. The van der Waals surface area contributed by atoms with Gasteiger partial charge < -0.3 is 10.4 Å². The van der Waals surface area contributed by atoms with Crippen molar-refractivity contribution in [3.8, 4) is 0 Å². The molecule has 21 heavy (non-hydrogen) atoms. The van der Waals surface area contributed by atoms with Crippen molar-refractivity contribution in [1.29, 1.82) is 0 Å². The Morgan fingerprint density at radius 3 is 2.43 bits per heavy atom. The van der Waals surface area contributed by atoms with Crippen LogP contribution in [0.4, 0.5) is 5.69 Å². The quantitative estimate of drug-likeness (QED) is 0.617. The Bertz CT molecular complexity index is 585. The number of hydrogen-bond donors (Lipinski definition) is 2. The van der Waals surface area contributed by atoms with Crippen LogP contribution in [-0.4, -0.2) is 27.4 Å². The first-order valence-corrected chi connectivity index (χ1v) is 6.58. The maximum absolute atomic E-state index is 12.1. The minimum atomic E-state index is -1.41. The molecule has 1 aromatic carbocycles.